The molecule has 0 aliphatic heterocycles. The summed E-state index contributed by atoms with van der Waals surface area (Å²) in [5.41, 5.74) is 4.43. The normalized spacial score (nSPS) is 13.9. The number of benzene rings is 1. The smallest absolute Gasteiger partial charge is 0.119 e. The van der Waals surface area contributed by atoms with Gasteiger partial charge in [-0.05, 0) is 84.3 Å². The lowest BCUT2D eigenvalue weighted by Crippen LogP contribution is -2.23. The predicted molar refractivity (Wildman–Crippen MR) is 89.5 cm³/mol. The Morgan fingerprint density at radius 2 is 1.95 bits per heavy atom. The van der Waals surface area contributed by atoms with Crippen molar-refractivity contribution in [1.29, 1.82) is 0 Å². The standard InChI is InChI=1S/C18H23NOS/c1-2-4-17-13-18(6-5-16(17)3-1)20-11-10-19-9-7-15-8-12-21-14-15/h5-6,8,12-14,19H,1-4,7,9-11H2. The molecular formula is C18H23NOS. The van der Waals surface area contributed by atoms with Crippen molar-refractivity contribution in [1.82, 2.24) is 5.32 Å². The highest BCUT2D eigenvalue weighted by Gasteiger charge is 2.09. The summed E-state index contributed by atoms with van der Waals surface area (Å²) in [6.45, 7) is 2.66. The number of thiophene rings is 1. The van der Waals surface area contributed by atoms with Gasteiger partial charge in [0.1, 0.15) is 12.4 Å². The van der Waals surface area contributed by atoms with Gasteiger partial charge in [0.05, 0.1) is 0 Å². The fourth-order valence-corrected chi connectivity index (χ4v) is 3.54. The second kappa shape index (κ2) is 7.62. The molecule has 1 aromatic carbocycles. The molecule has 0 saturated carbocycles. The summed E-state index contributed by atoms with van der Waals surface area (Å²) in [7, 11) is 0. The number of hydrogen-bond donors (Lipinski definition) is 1. The van der Waals surface area contributed by atoms with Crippen molar-refractivity contribution in [3.63, 3.8) is 0 Å². The maximum Gasteiger partial charge on any atom is 0.119 e. The van der Waals surface area contributed by atoms with E-state index in [1.165, 1.54) is 42.4 Å². The van der Waals surface area contributed by atoms with Crippen LogP contribution in [0.2, 0.25) is 0 Å². The van der Waals surface area contributed by atoms with Gasteiger partial charge < -0.3 is 10.1 Å². The number of hydrogen-bond acceptors (Lipinski definition) is 3. The van der Waals surface area contributed by atoms with Crippen LogP contribution in [0.25, 0.3) is 0 Å². The first-order chi connectivity index (χ1) is 10.4. The lowest BCUT2D eigenvalue weighted by Gasteiger charge is -2.16. The predicted octanol–water partition coefficient (Wildman–Crippen LogP) is 3.84. The molecule has 1 aliphatic carbocycles. The molecular weight excluding hydrogens is 278 g/mol. The molecule has 0 unspecified atom stereocenters. The summed E-state index contributed by atoms with van der Waals surface area (Å²) in [5, 5.41) is 7.78. The van der Waals surface area contributed by atoms with E-state index in [2.05, 4.69) is 40.3 Å². The van der Waals surface area contributed by atoms with Crippen molar-refractivity contribution in [3.8, 4) is 5.75 Å². The molecule has 3 heteroatoms. The van der Waals surface area contributed by atoms with Gasteiger partial charge in [-0.25, -0.2) is 0 Å². The molecule has 2 nitrogen and oxygen atoms in total. The summed E-state index contributed by atoms with van der Waals surface area (Å²) in [4.78, 5) is 0. The van der Waals surface area contributed by atoms with Gasteiger partial charge in [-0.15, -0.1) is 0 Å². The molecule has 0 amide bonds. The van der Waals surface area contributed by atoms with E-state index in [-0.39, 0.29) is 0 Å². The van der Waals surface area contributed by atoms with Crippen LogP contribution in [-0.4, -0.2) is 19.7 Å². The van der Waals surface area contributed by atoms with E-state index in [0.29, 0.717) is 0 Å². The minimum absolute atomic E-state index is 0.739. The SMILES string of the molecule is c1cc(CCNCCOc2ccc3c(c2)CCCC3)cs1. The Bertz CT molecular complexity index is 550. The maximum atomic E-state index is 5.85. The number of fused-ring (bicyclic) bond motifs is 1. The molecule has 2 aromatic rings. The van der Waals surface area contributed by atoms with Gasteiger partial charge in [-0.1, -0.05) is 6.07 Å². The van der Waals surface area contributed by atoms with Crippen molar-refractivity contribution in [2.24, 2.45) is 0 Å². The highest BCUT2D eigenvalue weighted by Crippen LogP contribution is 2.25. The molecule has 0 spiro atoms. The Hall–Kier alpha value is -1.32. The van der Waals surface area contributed by atoms with Crippen LogP contribution in [0.1, 0.15) is 29.5 Å². The van der Waals surface area contributed by atoms with E-state index in [0.717, 1.165) is 31.9 Å². The average molecular weight is 301 g/mol. The summed E-state index contributed by atoms with van der Waals surface area (Å²) in [5.74, 6) is 1.02. The molecule has 0 atom stereocenters. The molecule has 1 aliphatic rings. The average Bonchev–Trinajstić information content (AvgIpc) is 3.04. The Kier molecular flexibility index (Phi) is 5.30. The van der Waals surface area contributed by atoms with E-state index < -0.39 is 0 Å². The maximum absolute atomic E-state index is 5.85. The van der Waals surface area contributed by atoms with Crippen molar-refractivity contribution >= 4 is 11.3 Å². The van der Waals surface area contributed by atoms with Crippen LogP contribution in [0.3, 0.4) is 0 Å². The van der Waals surface area contributed by atoms with Crippen molar-refractivity contribution in [2.45, 2.75) is 32.1 Å². The Morgan fingerprint density at radius 1 is 1.05 bits per heavy atom. The van der Waals surface area contributed by atoms with E-state index in [1.54, 1.807) is 11.3 Å². The Labute approximate surface area is 131 Å². The van der Waals surface area contributed by atoms with Crippen LogP contribution in [0, 0.1) is 0 Å². The third-order valence-corrected chi connectivity index (χ3v) is 4.77. The number of ether oxygens (including phenoxy) is 1. The van der Waals surface area contributed by atoms with E-state index in [9.17, 15) is 0 Å². The first-order valence-electron chi connectivity index (χ1n) is 7.88. The van der Waals surface area contributed by atoms with Gasteiger partial charge in [0, 0.05) is 6.54 Å². The quantitative estimate of drug-likeness (QED) is 0.785. The fourth-order valence-electron chi connectivity index (χ4n) is 2.83. The highest BCUT2D eigenvalue weighted by atomic mass is 32.1. The molecule has 1 aromatic heterocycles. The zero-order valence-corrected chi connectivity index (χ0v) is 13.3. The Balaban J connectivity index is 1.35. The zero-order valence-electron chi connectivity index (χ0n) is 12.4. The molecule has 1 N–H and O–H groups in total. The van der Waals surface area contributed by atoms with Crippen LogP contribution in [0.4, 0.5) is 0 Å². The first kappa shape index (κ1) is 14.6. The first-order valence-corrected chi connectivity index (χ1v) is 8.82. The summed E-state index contributed by atoms with van der Waals surface area (Å²) < 4.78 is 5.85. The van der Waals surface area contributed by atoms with E-state index >= 15 is 0 Å². The van der Waals surface area contributed by atoms with Gasteiger partial charge in [0.15, 0.2) is 0 Å². The fraction of sp³-hybridized carbons (Fsp3) is 0.444. The lowest BCUT2D eigenvalue weighted by molar-refractivity contribution is 0.314. The minimum Gasteiger partial charge on any atom is -0.492 e. The largest absolute Gasteiger partial charge is 0.492 e. The number of aryl methyl sites for hydroxylation is 2. The van der Waals surface area contributed by atoms with E-state index in [4.69, 9.17) is 4.74 Å². The summed E-state index contributed by atoms with van der Waals surface area (Å²) in [6, 6.07) is 8.79. The van der Waals surface area contributed by atoms with Crippen LogP contribution >= 0.6 is 11.3 Å². The third-order valence-electron chi connectivity index (χ3n) is 4.04. The number of nitrogens with one attached hydrogen (secondary N) is 1. The van der Waals surface area contributed by atoms with Crippen molar-refractivity contribution in [3.05, 3.63) is 51.7 Å². The van der Waals surface area contributed by atoms with Gasteiger partial charge in [-0.3, -0.25) is 0 Å². The van der Waals surface area contributed by atoms with Crippen LogP contribution in [0.15, 0.2) is 35.0 Å². The second-order valence-corrected chi connectivity index (χ2v) is 6.40. The topological polar surface area (TPSA) is 21.3 Å². The van der Waals surface area contributed by atoms with Crippen LogP contribution in [0.5, 0.6) is 5.75 Å². The van der Waals surface area contributed by atoms with Gasteiger partial charge in [-0.2, -0.15) is 11.3 Å². The van der Waals surface area contributed by atoms with Gasteiger partial charge in [0.25, 0.3) is 0 Å². The summed E-state index contributed by atoms with van der Waals surface area (Å²) in [6.07, 6.45) is 6.20. The molecule has 0 bridgehead atoms. The molecule has 0 fully saturated rings. The minimum atomic E-state index is 0.739. The molecule has 21 heavy (non-hydrogen) atoms. The molecule has 3 rings (SSSR count). The number of rotatable bonds is 7. The summed E-state index contributed by atoms with van der Waals surface area (Å²) >= 11 is 1.76. The van der Waals surface area contributed by atoms with Crippen LogP contribution in [-0.2, 0) is 19.3 Å². The monoisotopic (exact) mass is 301 g/mol. The van der Waals surface area contributed by atoms with Gasteiger partial charge in [0.2, 0.25) is 0 Å². The second-order valence-electron chi connectivity index (χ2n) is 5.62. The molecule has 0 radical (unpaired) electrons. The lowest BCUT2D eigenvalue weighted by atomic mass is 9.92. The highest BCUT2D eigenvalue weighted by molar-refractivity contribution is 7.07. The van der Waals surface area contributed by atoms with Crippen molar-refractivity contribution < 1.29 is 4.74 Å². The van der Waals surface area contributed by atoms with E-state index in [1.807, 2.05) is 0 Å². The Morgan fingerprint density at radius 3 is 2.81 bits per heavy atom. The van der Waals surface area contributed by atoms with Gasteiger partial charge >= 0.3 is 0 Å². The molecule has 112 valence electrons. The van der Waals surface area contributed by atoms with Crippen molar-refractivity contribution in [2.75, 3.05) is 19.7 Å². The zero-order chi connectivity index (χ0) is 14.3. The molecule has 0 saturated heterocycles. The van der Waals surface area contributed by atoms with Crippen LogP contribution < -0.4 is 10.1 Å². The molecule has 1 heterocycles. The third kappa shape index (κ3) is 4.32.